The highest BCUT2D eigenvalue weighted by Gasteiger charge is 2.64. The number of piperidine rings is 2. The van der Waals surface area contributed by atoms with Gasteiger partial charge in [-0.05, 0) is 162 Å². The Balaban J connectivity index is 0.000000136. The van der Waals surface area contributed by atoms with E-state index in [-0.39, 0.29) is 34.1 Å². The number of aromatic nitrogens is 4. The summed E-state index contributed by atoms with van der Waals surface area (Å²) >= 11 is 0. The fraction of sp³-hybridized carbons (Fsp3) is 0.792. The smallest absolute Gasteiger partial charge is 0.231 e. The maximum atomic E-state index is 14.0. The molecule has 6 atom stereocenters. The fourth-order valence-electron chi connectivity index (χ4n) is 15.9. The topological polar surface area (TPSA) is 139 Å². The summed E-state index contributed by atoms with van der Waals surface area (Å²) in [5.41, 5.74) is 1.81. The first-order valence-electron chi connectivity index (χ1n) is 24.2. The van der Waals surface area contributed by atoms with Crippen LogP contribution in [0, 0.1) is 46.3 Å². The summed E-state index contributed by atoms with van der Waals surface area (Å²) in [6.45, 7) is 9.39. The molecule has 4 aliphatic heterocycles. The van der Waals surface area contributed by atoms with Gasteiger partial charge in [-0.2, -0.15) is 0 Å². The lowest BCUT2D eigenvalue weighted by molar-refractivity contribution is -0.168. The first kappa shape index (κ1) is 39.5. The van der Waals surface area contributed by atoms with Crippen molar-refractivity contribution >= 4 is 23.7 Å². The van der Waals surface area contributed by atoms with Gasteiger partial charge in [0.05, 0.1) is 23.0 Å². The zero-order valence-corrected chi connectivity index (χ0v) is 36.2. The van der Waals surface area contributed by atoms with E-state index in [1.807, 2.05) is 24.8 Å². The van der Waals surface area contributed by atoms with E-state index in [0.717, 1.165) is 139 Å². The Kier molecular flexibility index (Phi) is 9.60. The summed E-state index contributed by atoms with van der Waals surface area (Å²) in [6.07, 6.45) is 26.4. The number of aryl methyl sites for hydroxylation is 2. The molecule has 324 valence electrons. The van der Waals surface area contributed by atoms with Gasteiger partial charge >= 0.3 is 0 Å². The van der Waals surface area contributed by atoms with E-state index < -0.39 is 0 Å². The Bertz CT molecular complexity index is 1790. The van der Waals surface area contributed by atoms with Crippen molar-refractivity contribution in [2.45, 2.75) is 153 Å². The van der Waals surface area contributed by atoms with Crippen LogP contribution < -0.4 is 9.80 Å². The van der Waals surface area contributed by atoms with Crippen molar-refractivity contribution in [1.82, 2.24) is 29.7 Å². The lowest BCUT2D eigenvalue weighted by atomic mass is 9.51. The minimum atomic E-state index is -0.271. The molecule has 0 aromatic carbocycles. The normalized spacial score (nSPS) is 42.5. The Morgan fingerprint density at radius 1 is 0.550 bits per heavy atom. The van der Waals surface area contributed by atoms with E-state index in [1.54, 1.807) is 0 Å². The molecular weight excluding hydrogens is 753 g/mol. The number of carbonyl (C=O) groups excluding carboxylic acids is 2. The van der Waals surface area contributed by atoms with Crippen LogP contribution in [-0.2, 0) is 22.4 Å². The van der Waals surface area contributed by atoms with Crippen molar-refractivity contribution in [3.8, 4) is 0 Å². The van der Waals surface area contributed by atoms with Crippen LogP contribution in [0.15, 0.2) is 24.8 Å². The first-order valence-corrected chi connectivity index (χ1v) is 24.2. The standard InChI is InChI=1S/2C24H34N4O2/c2*1-2-16-13-25-22(26-14-16)27-6-3-4-23(15-27)5-7-28(21(23)30)24-10-17-8-18(11-24)20(29)19(9-17)12-24/h2*13-14,17-20,29H,2-12,15H2,1H3/t2*17?,18?,19?,20?,23-,24?/m11/s1. The van der Waals surface area contributed by atoms with Crippen LogP contribution >= 0.6 is 0 Å². The lowest BCUT2D eigenvalue weighted by Gasteiger charge is -2.61. The molecule has 8 saturated carbocycles. The van der Waals surface area contributed by atoms with E-state index >= 15 is 0 Å². The predicted octanol–water partition coefficient (Wildman–Crippen LogP) is 5.60. The summed E-state index contributed by atoms with van der Waals surface area (Å²) in [5, 5.41) is 21.3. The molecule has 8 bridgehead atoms. The maximum Gasteiger partial charge on any atom is 0.231 e. The van der Waals surface area contributed by atoms with Crippen LogP contribution in [0.1, 0.15) is 128 Å². The van der Waals surface area contributed by atoms with Gasteiger partial charge < -0.3 is 29.8 Å². The Labute approximate surface area is 356 Å². The molecule has 4 unspecified atom stereocenters. The minimum Gasteiger partial charge on any atom is -0.393 e. The first-order chi connectivity index (χ1) is 29.0. The van der Waals surface area contributed by atoms with E-state index in [1.165, 1.54) is 38.5 Å². The average molecular weight is 821 g/mol. The highest BCUT2D eigenvalue weighted by atomic mass is 16.3. The number of carbonyl (C=O) groups is 2. The number of hydrogen-bond acceptors (Lipinski definition) is 10. The van der Waals surface area contributed by atoms with Crippen LogP contribution in [0.3, 0.4) is 0 Å². The van der Waals surface area contributed by atoms with Gasteiger partial charge in [-0.25, -0.2) is 19.9 Å². The maximum absolute atomic E-state index is 14.0. The highest BCUT2D eigenvalue weighted by molar-refractivity contribution is 5.87. The molecule has 8 aliphatic carbocycles. The van der Waals surface area contributed by atoms with Crippen molar-refractivity contribution in [1.29, 1.82) is 0 Å². The molecule has 12 aliphatic rings. The molecule has 12 nitrogen and oxygen atoms in total. The lowest BCUT2D eigenvalue weighted by Crippen LogP contribution is -2.65. The van der Waals surface area contributed by atoms with Crippen LogP contribution in [0.5, 0.6) is 0 Å². The number of likely N-dealkylation sites (tertiary alicyclic amines) is 2. The molecule has 2 N–H and O–H groups in total. The summed E-state index contributed by atoms with van der Waals surface area (Å²) in [7, 11) is 0. The summed E-state index contributed by atoms with van der Waals surface area (Å²) in [5.74, 6) is 5.38. The quantitative estimate of drug-likeness (QED) is 0.379. The molecule has 60 heavy (non-hydrogen) atoms. The van der Waals surface area contributed by atoms with Crippen LogP contribution in [0.4, 0.5) is 11.9 Å². The van der Waals surface area contributed by atoms with E-state index in [9.17, 15) is 19.8 Å². The van der Waals surface area contributed by atoms with Gasteiger partial charge in [-0.3, -0.25) is 9.59 Å². The largest absolute Gasteiger partial charge is 0.393 e. The van der Waals surface area contributed by atoms with Crippen LogP contribution in [-0.4, -0.2) is 114 Å². The van der Waals surface area contributed by atoms with Crippen molar-refractivity contribution < 1.29 is 19.8 Å². The molecule has 12 heteroatoms. The Morgan fingerprint density at radius 3 is 1.27 bits per heavy atom. The molecule has 2 spiro atoms. The van der Waals surface area contributed by atoms with Gasteiger partial charge in [-0.1, -0.05) is 13.8 Å². The average Bonchev–Trinajstić information content (AvgIpc) is 3.75. The Morgan fingerprint density at radius 2 is 0.917 bits per heavy atom. The SMILES string of the molecule is CCc1cnc(N2CCC[C@@]3(CCN(C45CC6CC(C4)C(O)C(C6)C5)C3=O)C2)nc1.CCc1cnc(N2CCC[C@@]3(CCN(C45CC6CC(C4)C(O)C(C6)C5)C3=O)C2)nc1. The Hall–Kier alpha value is -3.38. The molecule has 14 rings (SSSR count). The third-order valence-corrected chi connectivity index (χ3v) is 18.5. The second-order valence-electron chi connectivity index (χ2n) is 21.9. The van der Waals surface area contributed by atoms with Gasteiger partial charge in [0.2, 0.25) is 23.7 Å². The number of rotatable bonds is 6. The number of aliphatic hydroxyl groups is 2. The second kappa shape index (κ2) is 14.6. The second-order valence-corrected chi connectivity index (χ2v) is 21.9. The van der Waals surface area contributed by atoms with Crippen molar-refractivity contribution in [2.24, 2.45) is 46.3 Å². The van der Waals surface area contributed by atoms with Crippen molar-refractivity contribution in [2.75, 3.05) is 49.1 Å². The zero-order valence-electron chi connectivity index (χ0n) is 36.2. The molecule has 2 aromatic rings. The zero-order chi connectivity index (χ0) is 41.0. The van der Waals surface area contributed by atoms with E-state index in [4.69, 9.17) is 0 Å². The molecule has 2 aromatic heterocycles. The van der Waals surface area contributed by atoms with Crippen LogP contribution in [0.2, 0.25) is 0 Å². The van der Waals surface area contributed by atoms with Gasteiger partial charge in [-0.15, -0.1) is 0 Å². The van der Waals surface area contributed by atoms with Gasteiger partial charge in [0, 0.05) is 75.1 Å². The summed E-state index contributed by atoms with van der Waals surface area (Å²) < 4.78 is 0. The number of amides is 2. The summed E-state index contributed by atoms with van der Waals surface area (Å²) in [6, 6.07) is 0. The summed E-state index contributed by atoms with van der Waals surface area (Å²) in [4.78, 5) is 55.4. The van der Waals surface area contributed by atoms with Gasteiger partial charge in [0.15, 0.2) is 0 Å². The third kappa shape index (κ3) is 6.24. The molecule has 12 fully saturated rings. The minimum absolute atomic E-state index is 0.0257. The van der Waals surface area contributed by atoms with Gasteiger partial charge in [0.25, 0.3) is 0 Å². The molecule has 6 heterocycles. The van der Waals surface area contributed by atoms with Crippen LogP contribution in [0.25, 0.3) is 0 Å². The molecule has 0 radical (unpaired) electrons. The van der Waals surface area contributed by atoms with E-state index in [0.29, 0.717) is 47.3 Å². The molecule has 2 amide bonds. The third-order valence-electron chi connectivity index (χ3n) is 18.5. The van der Waals surface area contributed by atoms with E-state index in [2.05, 4.69) is 53.4 Å². The number of anilines is 2. The van der Waals surface area contributed by atoms with Gasteiger partial charge in [0.1, 0.15) is 0 Å². The molecular formula is C48H68N8O4. The van der Waals surface area contributed by atoms with Crippen molar-refractivity contribution in [3.05, 3.63) is 35.9 Å². The number of aliphatic hydroxyl groups excluding tert-OH is 2. The molecule has 4 saturated heterocycles. The van der Waals surface area contributed by atoms with Crippen molar-refractivity contribution in [3.63, 3.8) is 0 Å². The monoisotopic (exact) mass is 821 g/mol. The number of nitrogens with zero attached hydrogens (tertiary/aromatic N) is 8. The number of hydrogen-bond donors (Lipinski definition) is 2. The highest BCUT2D eigenvalue weighted by Crippen LogP contribution is 2.61. The predicted molar refractivity (Wildman–Crippen MR) is 228 cm³/mol. The fourth-order valence-corrected chi connectivity index (χ4v) is 15.9.